The fourth-order valence-electron chi connectivity index (χ4n) is 2.01. The highest BCUT2D eigenvalue weighted by molar-refractivity contribution is 4.74. The maximum atomic E-state index is 9.40. The number of hydrogen-bond donors (Lipinski definition) is 7. The second kappa shape index (κ2) is 26.9. The van der Waals surface area contributed by atoms with Crippen molar-refractivity contribution in [3.8, 4) is 0 Å². The van der Waals surface area contributed by atoms with Crippen LogP contribution in [0, 0.1) is 35.5 Å². The lowest BCUT2D eigenvalue weighted by atomic mass is 9.90. The molecule has 0 unspecified atom stereocenters. The van der Waals surface area contributed by atoms with Gasteiger partial charge in [-0.25, -0.2) is 0 Å². The van der Waals surface area contributed by atoms with Gasteiger partial charge in [0.1, 0.15) is 0 Å². The third-order valence-corrected chi connectivity index (χ3v) is 7.31. The molecule has 7 heteroatoms. The molecule has 0 saturated heterocycles. The highest BCUT2D eigenvalue weighted by Gasteiger charge is 2.23. The van der Waals surface area contributed by atoms with Crippen molar-refractivity contribution in [3.63, 3.8) is 0 Å². The van der Waals surface area contributed by atoms with Gasteiger partial charge >= 0.3 is 0 Å². The molecule has 0 heterocycles. The van der Waals surface area contributed by atoms with Gasteiger partial charge < -0.3 is 35.7 Å². The summed E-state index contributed by atoms with van der Waals surface area (Å²) in [5.41, 5.74) is -1.36. The monoisotopic (exact) mass is 557 g/mol. The molecule has 0 aromatic heterocycles. The largest absolute Gasteiger partial charge is 0.396 e. The summed E-state index contributed by atoms with van der Waals surface area (Å²) in [7, 11) is 0. The van der Waals surface area contributed by atoms with E-state index in [-0.39, 0.29) is 43.9 Å². The molecule has 0 bridgehead atoms. The third-order valence-electron chi connectivity index (χ3n) is 7.31. The van der Waals surface area contributed by atoms with Crippen molar-refractivity contribution in [1.29, 1.82) is 0 Å². The topological polar surface area (TPSA) is 142 Å². The fourth-order valence-corrected chi connectivity index (χ4v) is 2.01. The smallest absolute Gasteiger partial charge is 0.0872 e. The first-order valence-corrected chi connectivity index (χ1v) is 14.7. The van der Waals surface area contributed by atoms with Gasteiger partial charge in [0, 0.05) is 19.1 Å². The van der Waals surface area contributed by atoms with Crippen LogP contribution in [0.15, 0.2) is 0 Å². The molecule has 0 aliphatic carbocycles. The molecule has 0 aromatic carbocycles. The summed E-state index contributed by atoms with van der Waals surface area (Å²) in [6.07, 6.45) is 2.39. The minimum atomic E-state index is -0.903. The Bertz CT molecular complexity index is 423. The van der Waals surface area contributed by atoms with Crippen LogP contribution in [-0.4, -0.2) is 79.0 Å². The number of aliphatic hydroxyl groups excluding tert-OH is 5. The highest BCUT2D eigenvalue weighted by atomic mass is 16.3. The molecule has 0 radical (unpaired) electrons. The first-order chi connectivity index (χ1) is 17.1. The normalized spacial score (nSPS) is 15.8. The molecule has 238 valence electrons. The minimum absolute atomic E-state index is 0.0648. The third kappa shape index (κ3) is 30.3. The average Bonchev–Trinajstić information content (AvgIpc) is 2.84. The van der Waals surface area contributed by atoms with Gasteiger partial charge in [-0.2, -0.15) is 0 Å². The zero-order valence-corrected chi connectivity index (χ0v) is 28.0. The van der Waals surface area contributed by atoms with Crippen LogP contribution in [0.25, 0.3) is 0 Å². The summed E-state index contributed by atoms with van der Waals surface area (Å²) in [5, 5.41) is 62.0. The quantitative estimate of drug-likeness (QED) is 0.184. The van der Waals surface area contributed by atoms with Crippen LogP contribution in [0.5, 0.6) is 0 Å². The van der Waals surface area contributed by atoms with Gasteiger partial charge in [0.25, 0.3) is 0 Å². The van der Waals surface area contributed by atoms with Crippen LogP contribution in [0.1, 0.15) is 123 Å². The molecule has 7 nitrogen and oxygen atoms in total. The molecule has 0 aromatic rings. The van der Waals surface area contributed by atoms with E-state index >= 15 is 0 Å². The SMILES string of the molecule is CC(C)C(CO)CO.CC(C)[C@](C)(O)CO.CC[C@@H](O)C(C)C.CC[C@H](O)C(C)C.CC[C@](C)(O)C(C)C. The van der Waals surface area contributed by atoms with Gasteiger partial charge in [0.2, 0.25) is 0 Å². The molecule has 0 rings (SSSR count). The van der Waals surface area contributed by atoms with E-state index in [1.54, 1.807) is 6.92 Å². The van der Waals surface area contributed by atoms with E-state index in [2.05, 4.69) is 0 Å². The standard InChI is InChI=1S/C7H16O.2C6H14O2.2C6H14O/c1-5-7(4,8)6(2)3;1-5(2)6(3,8)4-7;1-5(2)6(3-7)4-8;2*1-4-6(7)5(2)3/h6,8H,5H2,1-4H3;5,7-8H,4H2,1-3H3;5-8H,3-4H2,1-2H3;2*5-7H,4H2,1-3H3/t7-;6-;;2*6-/m01.10/s1. The summed E-state index contributed by atoms with van der Waals surface area (Å²) in [5.74, 6) is 1.77. The van der Waals surface area contributed by atoms with Crippen LogP contribution >= 0.6 is 0 Å². The summed E-state index contributed by atoms with van der Waals surface area (Å²) < 4.78 is 0. The Hall–Kier alpha value is -0.280. The van der Waals surface area contributed by atoms with Crippen LogP contribution < -0.4 is 0 Å². The van der Waals surface area contributed by atoms with Crippen molar-refractivity contribution in [3.05, 3.63) is 0 Å². The lowest BCUT2D eigenvalue weighted by Gasteiger charge is -2.25. The predicted octanol–water partition coefficient (Wildman–Crippen LogP) is 5.26. The van der Waals surface area contributed by atoms with Crippen molar-refractivity contribution >= 4 is 0 Å². The summed E-state index contributed by atoms with van der Waals surface area (Å²) in [4.78, 5) is 0. The van der Waals surface area contributed by atoms with Gasteiger partial charge in [-0.15, -0.1) is 0 Å². The molecule has 0 spiro atoms. The van der Waals surface area contributed by atoms with Crippen molar-refractivity contribution < 1.29 is 35.7 Å². The van der Waals surface area contributed by atoms with E-state index in [1.807, 2.05) is 96.9 Å². The fraction of sp³-hybridized carbons (Fsp3) is 1.00. The Morgan fingerprint density at radius 1 is 0.526 bits per heavy atom. The maximum absolute atomic E-state index is 9.40. The number of hydrogen-bond acceptors (Lipinski definition) is 7. The Morgan fingerprint density at radius 3 is 0.816 bits per heavy atom. The summed E-state index contributed by atoms with van der Waals surface area (Å²) in [6, 6.07) is 0. The minimum Gasteiger partial charge on any atom is -0.396 e. The van der Waals surface area contributed by atoms with E-state index in [1.165, 1.54) is 0 Å². The van der Waals surface area contributed by atoms with Gasteiger partial charge in [-0.3, -0.25) is 0 Å². The molecular weight excluding hydrogens is 484 g/mol. The zero-order valence-electron chi connectivity index (χ0n) is 28.0. The Morgan fingerprint density at radius 2 is 0.816 bits per heavy atom. The number of rotatable bonds is 11. The second-order valence-electron chi connectivity index (χ2n) is 12.3. The average molecular weight is 557 g/mol. The Labute approximate surface area is 237 Å². The maximum Gasteiger partial charge on any atom is 0.0872 e. The molecule has 38 heavy (non-hydrogen) atoms. The Balaban J connectivity index is -0.000000120. The molecule has 0 amide bonds. The first kappa shape index (κ1) is 47.5. The summed E-state index contributed by atoms with van der Waals surface area (Å²) >= 11 is 0. The van der Waals surface area contributed by atoms with Crippen LogP contribution in [0.2, 0.25) is 0 Å². The lowest BCUT2D eigenvalue weighted by molar-refractivity contribution is -0.0350. The van der Waals surface area contributed by atoms with E-state index in [0.29, 0.717) is 23.7 Å². The predicted molar refractivity (Wildman–Crippen MR) is 163 cm³/mol. The van der Waals surface area contributed by atoms with Crippen LogP contribution in [-0.2, 0) is 0 Å². The molecular formula is C31H72O7. The summed E-state index contributed by atoms with van der Waals surface area (Å²) in [6.45, 7) is 29.4. The zero-order chi connectivity index (χ0) is 31.9. The molecule has 7 N–H and O–H groups in total. The first-order valence-electron chi connectivity index (χ1n) is 14.7. The van der Waals surface area contributed by atoms with Crippen molar-refractivity contribution in [2.24, 2.45) is 35.5 Å². The van der Waals surface area contributed by atoms with E-state index in [9.17, 15) is 5.11 Å². The van der Waals surface area contributed by atoms with E-state index in [4.69, 9.17) is 30.6 Å². The number of aliphatic hydroxyl groups is 7. The van der Waals surface area contributed by atoms with E-state index < -0.39 is 11.2 Å². The second-order valence-corrected chi connectivity index (χ2v) is 12.3. The highest BCUT2D eigenvalue weighted by Crippen LogP contribution is 2.18. The molecule has 0 fully saturated rings. The molecule has 0 saturated carbocycles. The van der Waals surface area contributed by atoms with Gasteiger partial charge in [0.15, 0.2) is 0 Å². The van der Waals surface area contributed by atoms with E-state index in [0.717, 1.165) is 19.3 Å². The molecule has 0 aliphatic rings. The Kier molecular flexibility index (Phi) is 33.7. The van der Waals surface area contributed by atoms with Crippen LogP contribution in [0.4, 0.5) is 0 Å². The van der Waals surface area contributed by atoms with Crippen LogP contribution in [0.3, 0.4) is 0 Å². The lowest BCUT2D eigenvalue weighted by Crippen LogP contribution is -2.34. The van der Waals surface area contributed by atoms with Crippen molar-refractivity contribution in [2.75, 3.05) is 19.8 Å². The van der Waals surface area contributed by atoms with Gasteiger partial charge in [-0.05, 0) is 62.7 Å². The van der Waals surface area contributed by atoms with Gasteiger partial charge in [0.05, 0.1) is 30.0 Å². The molecule has 0 aliphatic heterocycles. The van der Waals surface area contributed by atoms with Crippen molar-refractivity contribution in [2.45, 2.75) is 147 Å². The van der Waals surface area contributed by atoms with Crippen molar-refractivity contribution in [1.82, 2.24) is 0 Å². The molecule has 4 atom stereocenters. The van der Waals surface area contributed by atoms with Gasteiger partial charge in [-0.1, -0.05) is 90.0 Å².